The third kappa shape index (κ3) is 2.60. The van der Waals surface area contributed by atoms with E-state index in [9.17, 15) is 4.79 Å². The van der Waals surface area contributed by atoms with Crippen LogP contribution in [0.5, 0.6) is 5.75 Å². The molecular formula is C16H16O3. The lowest BCUT2D eigenvalue weighted by Crippen LogP contribution is -1.98. The second kappa shape index (κ2) is 5.14. The summed E-state index contributed by atoms with van der Waals surface area (Å²) in [6.45, 7) is 4.08. The van der Waals surface area contributed by atoms with Gasteiger partial charge in [0.25, 0.3) is 0 Å². The fourth-order valence-corrected chi connectivity index (χ4v) is 2.16. The summed E-state index contributed by atoms with van der Waals surface area (Å²) in [5.41, 5.74) is 4.53. The van der Waals surface area contributed by atoms with Crippen LogP contribution in [0.1, 0.15) is 21.5 Å². The van der Waals surface area contributed by atoms with Gasteiger partial charge in [-0.05, 0) is 43.2 Å². The Morgan fingerprint density at radius 2 is 1.74 bits per heavy atom. The predicted molar refractivity (Wildman–Crippen MR) is 74.9 cm³/mol. The third-order valence-electron chi connectivity index (χ3n) is 3.12. The van der Waals surface area contributed by atoms with Gasteiger partial charge in [0.15, 0.2) is 0 Å². The molecule has 0 aliphatic heterocycles. The van der Waals surface area contributed by atoms with Crippen molar-refractivity contribution < 1.29 is 14.6 Å². The van der Waals surface area contributed by atoms with Crippen molar-refractivity contribution >= 4 is 5.97 Å². The Kier molecular flexibility index (Phi) is 3.56. The lowest BCUT2D eigenvalue weighted by molar-refractivity contribution is 0.0696. The summed E-state index contributed by atoms with van der Waals surface area (Å²) in [5, 5.41) is 9.00. The predicted octanol–water partition coefficient (Wildman–Crippen LogP) is 3.68. The van der Waals surface area contributed by atoms with Gasteiger partial charge < -0.3 is 9.84 Å². The van der Waals surface area contributed by atoms with E-state index in [1.807, 2.05) is 26.0 Å². The number of benzene rings is 2. The Labute approximate surface area is 112 Å². The van der Waals surface area contributed by atoms with Crippen LogP contribution in [0.4, 0.5) is 0 Å². The minimum Gasteiger partial charge on any atom is -0.496 e. The number of carbonyl (C=O) groups is 1. The van der Waals surface area contributed by atoms with Crippen molar-refractivity contribution in [3.05, 3.63) is 53.1 Å². The van der Waals surface area contributed by atoms with E-state index in [0.717, 1.165) is 16.7 Å². The molecule has 1 N–H and O–H groups in total. The standard InChI is InChI=1S/C16H16O3/c1-10-4-6-13(11(2)8-10)14-7-5-12(16(17)18)9-15(14)19-3/h4-9H,1-3H3,(H,17,18). The molecule has 0 spiro atoms. The molecular weight excluding hydrogens is 240 g/mol. The maximum Gasteiger partial charge on any atom is 0.335 e. The van der Waals surface area contributed by atoms with Crippen LogP contribution >= 0.6 is 0 Å². The highest BCUT2D eigenvalue weighted by atomic mass is 16.5. The van der Waals surface area contributed by atoms with E-state index < -0.39 is 5.97 Å². The van der Waals surface area contributed by atoms with Crippen molar-refractivity contribution in [3.63, 3.8) is 0 Å². The lowest BCUT2D eigenvalue weighted by atomic mass is 9.97. The van der Waals surface area contributed by atoms with Gasteiger partial charge in [0.05, 0.1) is 12.7 Å². The molecule has 0 aliphatic rings. The van der Waals surface area contributed by atoms with Gasteiger partial charge in [0, 0.05) is 5.56 Å². The highest BCUT2D eigenvalue weighted by Crippen LogP contribution is 2.33. The van der Waals surface area contributed by atoms with Gasteiger partial charge in [-0.25, -0.2) is 4.79 Å². The van der Waals surface area contributed by atoms with Crippen LogP contribution in [0.15, 0.2) is 36.4 Å². The number of rotatable bonds is 3. The van der Waals surface area contributed by atoms with Crippen molar-refractivity contribution in [2.75, 3.05) is 7.11 Å². The van der Waals surface area contributed by atoms with Crippen molar-refractivity contribution in [2.24, 2.45) is 0 Å². The van der Waals surface area contributed by atoms with Gasteiger partial charge >= 0.3 is 5.97 Å². The zero-order chi connectivity index (χ0) is 14.0. The molecule has 19 heavy (non-hydrogen) atoms. The van der Waals surface area contributed by atoms with E-state index in [0.29, 0.717) is 5.75 Å². The smallest absolute Gasteiger partial charge is 0.335 e. The first-order valence-electron chi connectivity index (χ1n) is 6.02. The van der Waals surface area contributed by atoms with Gasteiger partial charge in [-0.15, -0.1) is 0 Å². The minimum atomic E-state index is -0.953. The largest absolute Gasteiger partial charge is 0.496 e. The molecule has 98 valence electrons. The second-order valence-corrected chi connectivity index (χ2v) is 4.54. The van der Waals surface area contributed by atoms with Crippen LogP contribution in [0.25, 0.3) is 11.1 Å². The number of hydrogen-bond donors (Lipinski definition) is 1. The molecule has 3 nitrogen and oxygen atoms in total. The lowest BCUT2D eigenvalue weighted by Gasteiger charge is -2.12. The topological polar surface area (TPSA) is 46.5 Å². The number of carboxylic acid groups (broad SMARTS) is 1. The summed E-state index contributed by atoms with van der Waals surface area (Å²) in [4.78, 5) is 11.0. The van der Waals surface area contributed by atoms with E-state index in [-0.39, 0.29) is 5.56 Å². The average Bonchev–Trinajstić information content (AvgIpc) is 2.38. The molecule has 0 saturated carbocycles. The Morgan fingerprint density at radius 3 is 2.32 bits per heavy atom. The fraction of sp³-hybridized carbons (Fsp3) is 0.188. The summed E-state index contributed by atoms with van der Waals surface area (Å²) < 4.78 is 5.31. The molecule has 0 saturated heterocycles. The number of aryl methyl sites for hydroxylation is 2. The van der Waals surface area contributed by atoms with Crippen LogP contribution in [0, 0.1) is 13.8 Å². The maximum atomic E-state index is 11.0. The van der Waals surface area contributed by atoms with Crippen molar-refractivity contribution in [3.8, 4) is 16.9 Å². The van der Waals surface area contributed by atoms with Gasteiger partial charge in [0.2, 0.25) is 0 Å². The monoisotopic (exact) mass is 256 g/mol. The zero-order valence-electron chi connectivity index (χ0n) is 11.2. The first-order valence-corrected chi connectivity index (χ1v) is 6.02. The highest BCUT2D eigenvalue weighted by Gasteiger charge is 2.12. The summed E-state index contributed by atoms with van der Waals surface area (Å²) >= 11 is 0. The van der Waals surface area contributed by atoms with Gasteiger partial charge in [0.1, 0.15) is 5.75 Å². The Balaban J connectivity index is 2.58. The molecule has 0 heterocycles. The van der Waals surface area contributed by atoms with Crippen LogP contribution in [-0.4, -0.2) is 18.2 Å². The first-order chi connectivity index (χ1) is 9.02. The first kappa shape index (κ1) is 13.1. The minimum absolute atomic E-state index is 0.227. The number of aromatic carboxylic acids is 1. The van der Waals surface area contributed by atoms with Crippen LogP contribution in [-0.2, 0) is 0 Å². The van der Waals surface area contributed by atoms with Crippen LogP contribution in [0.2, 0.25) is 0 Å². The quantitative estimate of drug-likeness (QED) is 0.911. The molecule has 2 aromatic rings. The van der Waals surface area contributed by atoms with E-state index in [1.54, 1.807) is 25.3 Å². The molecule has 3 heteroatoms. The van der Waals surface area contributed by atoms with E-state index in [1.165, 1.54) is 5.56 Å². The number of methoxy groups -OCH3 is 1. The van der Waals surface area contributed by atoms with Crippen LogP contribution in [0.3, 0.4) is 0 Å². The van der Waals surface area contributed by atoms with Gasteiger partial charge in [-0.1, -0.05) is 23.8 Å². The molecule has 0 aromatic heterocycles. The third-order valence-corrected chi connectivity index (χ3v) is 3.12. The molecule has 0 aliphatic carbocycles. The fourth-order valence-electron chi connectivity index (χ4n) is 2.16. The highest BCUT2D eigenvalue weighted by molar-refractivity contribution is 5.90. The second-order valence-electron chi connectivity index (χ2n) is 4.54. The molecule has 0 amide bonds. The summed E-state index contributed by atoms with van der Waals surface area (Å²) in [5.74, 6) is -0.377. The molecule has 0 bridgehead atoms. The summed E-state index contributed by atoms with van der Waals surface area (Å²) in [6, 6.07) is 11.1. The number of hydrogen-bond acceptors (Lipinski definition) is 2. The van der Waals surface area contributed by atoms with E-state index >= 15 is 0 Å². The summed E-state index contributed by atoms with van der Waals surface area (Å²) in [6.07, 6.45) is 0. The molecule has 2 rings (SSSR count). The average molecular weight is 256 g/mol. The molecule has 0 unspecified atom stereocenters. The molecule has 2 aromatic carbocycles. The van der Waals surface area contributed by atoms with Crippen LogP contribution < -0.4 is 4.74 Å². The Hall–Kier alpha value is -2.29. The SMILES string of the molecule is COc1cc(C(=O)O)ccc1-c1ccc(C)cc1C. The number of carboxylic acids is 1. The van der Waals surface area contributed by atoms with Crippen molar-refractivity contribution in [1.29, 1.82) is 0 Å². The maximum absolute atomic E-state index is 11.0. The van der Waals surface area contributed by atoms with E-state index in [4.69, 9.17) is 9.84 Å². The normalized spacial score (nSPS) is 10.3. The number of ether oxygens (including phenoxy) is 1. The van der Waals surface area contributed by atoms with Crippen molar-refractivity contribution in [1.82, 2.24) is 0 Å². The zero-order valence-corrected chi connectivity index (χ0v) is 11.2. The Bertz CT molecular complexity index is 630. The molecule has 0 fully saturated rings. The van der Waals surface area contributed by atoms with Crippen molar-refractivity contribution in [2.45, 2.75) is 13.8 Å². The Morgan fingerprint density at radius 1 is 1.05 bits per heavy atom. The molecule has 0 radical (unpaired) electrons. The summed E-state index contributed by atoms with van der Waals surface area (Å²) in [7, 11) is 1.55. The van der Waals surface area contributed by atoms with E-state index in [2.05, 4.69) is 6.07 Å². The van der Waals surface area contributed by atoms with Gasteiger partial charge in [-0.2, -0.15) is 0 Å². The molecule has 0 atom stereocenters. The van der Waals surface area contributed by atoms with Gasteiger partial charge in [-0.3, -0.25) is 0 Å².